The van der Waals surface area contributed by atoms with Crippen LogP contribution in [-0.2, 0) is 20.1 Å². The average molecular weight is 422 g/mol. The summed E-state index contributed by atoms with van der Waals surface area (Å²) in [6, 6.07) is 12.9. The summed E-state index contributed by atoms with van der Waals surface area (Å²) in [6.07, 6.45) is 2.47. The van der Waals surface area contributed by atoms with Crippen molar-refractivity contribution in [3.8, 4) is 5.75 Å². The van der Waals surface area contributed by atoms with E-state index in [9.17, 15) is 14.7 Å². The van der Waals surface area contributed by atoms with E-state index >= 15 is 0 Å². The van der Waals surface area contributed by atoms with Crippen LogP contribution in [0.25, 0.3) is 11.2 Å². The maximum atomic E-state index is 12.5. The number of rotatable bonds is 8. The number of aryl methyl sites for hydroxylation is 1. The summed E-state index contributed by atoms with van der Waals surface area (Å²) < 4.78 is 8.44. The Morgan fingerprint density at radius 2 is 2.00 bits per heavy atom. The van der Waals surface area contributed by atoms with Crippen LogP contribution in [-0.4, -0.2) is 41.9 Å². The number of aromatic nitrogens is 5. The molecule has 0 amide bonds. The number of nitrogens with zero attached hydrogens (tertiary/aromatic N) is 4. The number of fused-ring (bicyclic) bond motifs is 1. The van der Waals surface area contributed by atoms with E-state index < -0.39 is 17.4 Å². The van der Waals surface area contributed by atoms with Crippen LogP contribution in [0.1, 0.15) is 5.56 Å². The lowest BCUT2D eigenvalue weighted by Crippen LogP contribution is -2.30. The first-order chi connectivity index (χ1) is 15.0. The van der Waals surface area contributed by atoms with E-state index in [0.29, 0.717) is 18.2 Å². The van der Waals surface area contributed by atoms with Crippen molar-refractivity contribution in [1.29, 1.82) is 0 Å². The van der Waals surface area contributed by atoms with Crippen LogP contribution in [0.15, 0.2) is 64.4 Å². The smallest absolute Gasteiger partial charge is 0.329 e. The fraction of sp³-hybridized carbons (Fsp3) is 0.238. The van der Waals surface area contributed by atoms with Gasteiger partial charge in [0.1, 0.15) is 18.5 Å². The molecule has 0 spiro atoms. The van der Waals surface area contributed by atoms with E-state index in [4.69, 9.17) is 4.74 Å². The number of H-pyrrole nitrogens is 1. The third-order valence-corrected chi connectivity index (χ3v) is 4.76. The second-order valence-corrected chi connectivity index (χ2v) is 7.03. The number of benzene rings is 1. The molecule has 0 saturated carbocycles. The summed E-state index contributed by atoms with van der Waals surface area (Å²) in [4.78, 5) is 35.3. The van der Waals surface area contributed by atoms with Gasteiger partial charge in [-0.3, -0.25) is 19.3 Å². The number of hydrogen-bond acceptors (Lipinski definition) is 7. The van der Waals surface area contributed by atoms with Crippen molar-refractivity contribution >= 4 is 17.1 Å². The molecule has 0 bridgehead atoms. The third kappa shape index (κ3) is 4.48. The summed E-state index contributed by atoms with van der Waals surface area (Å²) in [5.41, 5.74) is 0.190. The van der Waals surface area contributed by atoms with Crippen molar-refractivity contribution in [2.24, 2.45) is 7.05 Å². The quantitative estimate of drug-likeness (QED) is 0.384. The maximum Gasteiger partial charge on any atom is 0.329 e. The number of nitrogens with one attached hydrogen (secondary N) is 2. The Morgan fingerprint density at radius 3 is 2.74 bits per heavy atom. The number of ether oxygens (including phenoxy) is 1. The number of aliphatic hydroxyl groups is 1. The van der Waals surface area contributed by atoms with Gasteiger partial charge in [0.15, 0.2) is 11.2 Å². The number of anilines is 1. The summed E-state index contributed by atoms with van der Waals surface area (Å²) in [5, 5.41) is 13.7. The molecule has 0 unspecified atom stereocenters. The molecule has 3 aromatic heterocycles. The predicted molar refractivity (Wildman–Crippen MR) is 115 cm³/mol. The van der Waals surface area contributed by atoms with Gasteiger partial charge >= 0.3 is 5.69 Å². The molecule has 1 aromatic carbocycles. The van der Waals surface area contributed by atoms with Gasteiger partial charge < -0.3 is 19.7 Å². The molecule has 160 valence electrons. The second kappa shape index (κ2) is 8.84. The fourth-order valence-electron chi connectivity index (χ4n) is 3.20. The molecule has 10 nitrogen and oxygen atoms in total. The average Bonchev–Trinajstić information content (AvgIpc) is 3.15. The summed E-state index contributed by atoms with van der Waals surface area (Å²) in [6.45, 7) is 0.467. The van der Waals surface area contributed by atoms with E-state index in [1.54, 1.807) is 29.1 Å². The van der Waals surface area contributed by atoms with E-state index in [-0.39, 0.29) is 24.3 Å². The van der Waals surface area contributed by atoms with Crippen LogP contribution in [0.2, 0.25) is 0 Å². The second-order valence-electron chi connectivity index (χ2n) is 7.03. The predicted octanol–water partition coefficient (Wildman–Crippen LogP) is 0.870. The molecule has 10 heteroatoms. The topological polar surface area (TPSA) is 127 Å². The van der Waals surface area contributed by atoms with Crippen molar-refractivity contribution in [1.82, 2.24) is 24.1 Å². The normalized spacial score (nSPS) is 12.1. The largest absolute Gasteiger partial charge is 0.491 e. The van der Waals surface area contributed by atoms with Crippen molar-refractivity contribution in [2.75, 3.05) is 11.9 Å². The molecule has 4 rings (SSSR count). The monoisotopic (exact) mass is 422 g/mol. The minimum Gasteiger partial charge on any atom is -0.491 e. The lowest BCUT2D eigenvalue weighted by atomic mass is 10.3. The van der Waals surface area contributed by atoms with Gasteiger partial charge in [0.05, 0.1) is 6.54 Å². The molecule has 3 N–H and O–H groups in total. The number of pyridine rings is 1. The van der Waals surface area contributed by atoms with Gasteiger partial charge in [-0.1, -0.05) is 24.3 Å². The first kappa shape index (κ1) is 20.4. The van der Waals surface area contributed by atoms with Crippen LogP contribution in [0.4, 0.5) is 5.95 Å². The Hall–Kier alpha value is -3.92. The Bertz CT molecular complexity index is 1280. The highest BCUT2D eigenvalue weighted by Crippen LogP contribution is 2.17. The zero-order valence-electron chi connectivity index (χ0n) is 16.9. The van der Waals surface area contributed by atoms with Crippen molar-refractivity contribution < 1.29 is 9.84 Å². The Kier molecular flexibility index (Phi) is 5.80. The lowest BCUT2D eigenvalue weighted by molar-refractivity contribution is 0.0938. The molecular weight excluding hydrogens is 400 g/mol. The molecule has 0 saturated heterocycles. The van der Waals surface area contributed by atoms with Gasteiger partial charge in [0.25, 0.3) is 5.56 Å². The van der Waals surface area contributed by atoms with Gasteiger partial charge in [0.2, 0.25) is 5.95 Å². The fourth-order valence-corrected chi connectivity index (χ4v) is 3.20. The SMILES string of the molecule is Cn1c(=O)[nH]c(=O)c2c1nc(NCc1cccnc1)n2C[C@H](O)COc1ccccc1. The molecular formula is C21H22N6O4. The molecule has 4 aromatic rings. The van der Waals surface area contributed by atoms with E-state index in [2.05, 4.69) is 20.3 Å². The number of aromatic amines is 1. The standard InChI is InChI=1S/C21H22N6O4/c1-26-18-17(19(29)25-21(26)30)27(12-15(28)13-31-16-7-3-2-4-8-16)20(24-18)23-11-14-6-5-9-22-10-14/h2-10,15,28H,11-13H2,1H3,(H,23,24)(H,25,29,30)/t15-/m0/s1. The number of aliphatic hydroxyl groups excluding tert-OH is 1. The zero-order chi connectivity index (χ0) is 21.8. The van der Waals surface area contributed by atoms with Crippen LogP contribution >= 0.6 is 0 Å². The molecule has 0 radical (unpaired) electrons. The minimum absolute atomic E-state index is 0.0232. The highest BCUT2D eigenvalue weighted by atomic mass is 16.5. The number of para-hydroxylation sites is 1. The minimum atomic E-state index is -0.923. The van der Waals surface area contributed by atoms with E-state index in [1.807, 2.05) is 30.3 Å². The van der Waals surface area contributed by atoms with Crippen LogP contribution in [0.3, 0.4) is 0 Å². The third-order valence-electron chi connectivity index (χ3n) is 4.76. The van der Waals surface area contributed by atoms with Crippen molar-refractivity contribution in [3.63, 3.8) is 0 Å². The first-order valence-corrected chi connectivity index (χ1v) is 9.71. The van der Waals surface area contributed by atoms with Crippen molar-refractivity contribution in [2.45, 2.75) is 19.2 Å². The summed E-state index contributed by atoms with van der Waals surface area (Å²) in [5.74, 6) is 0.983. The van der Waals surface area contributed by atoms with Gasteiger partial charge in [0, 0.05) is 26.0 Å². The first-order valence-electron chi connectivity index (χ1n) is 9.71. The lowest BCUT2D eigenvalue weighted by Gasteiger charge is -2.16. The Morgan fingerprint density at radius 1 is 1.19 bits per heavy atom. The Balaban J connectivity index is 1.63. The van der Waals surface area contributed by atoms with Crippen LogP contribution < -0.4 is 21.3 Å². The molecule has 0 aliphatic rings. The number of hydrogen-bond donors (Lipinski definition) is 3. The molecule has 1 atom stereocenters. The van der Waals surface area contributed by atoms with Crippen molar-refractivity contribution in [3.05, 3.63) is 81.3 Å². The molecule has 0 fully saturated rings. The molecule has 0 aliphatic heterocycles. The maximum absolute atomic E-state index is 12.5. The highest BCUT2D eigenvalue weighted by molar-refractivity contribution is 5.74. The molecule has 0 aliphatic carbocycles. The van der Waals surface area contributed by atoms with Crippen LogP contribution in [0.5, 0.6) is 5.75 Å². The van der Waals surface area contributed by atoms with Gasteiger partial charge in [-0.25, -0.2) is 4.79 Å². The number of imidazole rings is 1. The molecule has 3 heterocycles. The summed E-state index contributed by atoms with van der Waals surface area (Å²) >= 11 is 0. The molecule has 31 heavy (non-hydrogen) atoms. The summed E-state index contributed by atoms with van der Waals surface area (Å²) in [7, 11) is 1.53. The van der Waals surface area contributed by atoms with Crippen LogP contribution in [0, 0.1) is 0 Å². The van der Waals surface area contributed by atoms with E-state index in [1.165, 1.54) is 11.6 Å². The van der Waals surface area contributed by atoms with Gasteiger partial charge in [-0.15, -0.1) is 0 Å². The van der Waals surface area contributed by atoms with E-state index in [0.717, 1.165) is 5.56 Å². The van der Waals surface area contributed by atoms with Gasteiger partial charge in [-0.05, 0) is 23.8 Å². The Labute approximate surface area is 176 Å². The highest BCUT2D eigenvalue weighted by Gasteiger charge is 2.20. The van der Waals surface area contributed by atoms with Gasteiger partial charge in [-0.2, -0.15) is 4.98 Å². The zero-order valence-corrected chi connectivity index (χ0v) is 16.9.